The molecule has 0 aliphatic carbocycles. The van der Waals surface area contributed by atoms with E-state index in [2.05, 4.69) is 27.8 Å². The molecule has 0 N–H and O–H groups in total. The van der Waals surface area contributed by atoms with E-state index in [4.69, 9.17) is 9.47 Å². The number of nitrogens with zero attached hydrogens (tertiary/aromatic N) is 1. The minimum absolute atomic E-state index is 0. The minimum Gasteiger partial charge on any atom is -1.00 e. The lowest BCUT2D eigenvalue weighted by atomic mass is 10.0. The van der Waals surface area contributed by atoms with Gasteiger partial charge in [0, 0.05) is 6.42 Å². The fourth-order valence-corrected chi connectivity index (χ4v) is 3.96. The number of ether oxygens (including phenoxy) is 2. The fourth-order valence-electron chi connectivity index (χ4n) is 3.96. The minimum atomic E-state index is -0.347. The van der Waals surface area contributed by atoms with Crippen molar-refractivity contribution in [2.24, 2.45) is 0 Å². The van der Waals surface area contributed by atoms with Crippen molar-refractivity contribution in [2.45, 2.75) is 65.7 Å². The molecule has 0 aliphatic heterocycles. The molecule has 0 aliphatic rings. The van der Waals surface area contributed by atoms with Crippen molar-refractivity contribution >= 4 is 11.8 Å². The average molecular weight is 563 g/mol. The van der Waals surface area contributed by atoms with Crippen LogP contribution in [0.5, 0.6) is 5.75 Å². The number of hydrogen-bond donors (Lipinski definition) is 0. The molecule has 0 bridgehead atoms. The van der Waals surface area contributed by atoms with Gasteiger partial charge in [-0.15, -0.1) is 0 Å². The molecule has 0 heterocycles. The Morgan fingerprint density at radius 3 is 2.25 bits per heavy atom. The van der Waals surface area contributed by atoms with Crippen molar-refractivity contribution in [3.05, 3.63) is 65.2 Å². The molecule has 200 valence electrons. The average Bonchev–Trinajstić information content (AvgIpc) is 2.88. The quantitative estimate of drug-likeness (QED) is 0.128. The number of hydrogen-bond acceptors (Lipinski definition) is 4. The first kappa shape index (κ1) is 31.8. The SMILES string of the molecule is CCCCCCCCOc1ccccc1C(=O)Cc1cccc(C(=O)OCC[N+](C)(CC)CC)c1.[Br-]. The van der Waals surface area contributed by atoms with E-state index in [9.17, 15) is 9.59 Å². The highest BCUT2D eigenvalue weighted by Crippen LogP contribution is 2.21. The van der Waals surface area contributed by atoms with E-state index in [1.165, 1.54) is 25.7 Å². The Morgan fingerprint density at radius 1 is 0.833 bits per heavy atom. The summed E-state index contributed by atoms with van der Waals surface area (Å²) in [6, 6.07) is 14.6. The first-order chi connectivity index (χ1) is 16.9. The van der Waals surface area contributed by atoms with Gasteiger partial charge in [-0.1, -0.05) is 63.3 Å². The summed E-state index contributed by atoms with van der Waals surface area (Å²) in [5, 5.41) is 0. The number of benzene rings is 2. The number of esters is 1. The second-order valence-electron chi connectivity index (χ2n) is 9.52. The lowest BCUT2D eigenvalue weighted by molar-refractivity contribution is -0.906. The van der Waals surface area contributed by atoms with Gasteiger partial charge < -0.3 is 30.9 Å². The largest absolute Gasteiger partial charge is 1.00 e. The van der Waals surface area contributed by atoms with E-state index in [-0.39, 0.29) is 35.2 Å². The van der Waals surface area contributed by atoms with E-state index in [0.29, 0.717) is 30.1 Å². The smallest absolute Gasteiger partial charge is 0.338 e. The predicted molar refractivity (Wildman–Crippen MR) is 142 cm³/mol. The number of ketones is 1. The summed E-state index contributed by atoms with van der Waals surface area (Å²) in [4.78, 5) is 25.6. The zero-order chi connectivity index (χ0) is 25.5. The topological polar surface area (TPSA) is 52.6 Å². The van der Waals surface area contributed by atoms with Crippen LogP contribution >= 0.6 is 0 Å². The van der Waals surface area contributed by atoms with Gasteiger partial charge >= 0.3 is 5.97 Å². The van der Waals surface area contributed by atoms with Gasteiger partial charge in [0.15, 0.2) is 5.78 Å². The lowest BCUT2D eigenvalue weighted by Crippen LogP contribution is -3.00. The normalized spacial score (nSPS) is 11.0. The molecular weight excluding hydrogens is 518 g/mol. The monoisotopic (exact) mass is 561 g/mol. The van der Waals surface area contributed by atoms with Crippen LogP contribution in [0.2, 0.25) is 0 Å². The number of rotatable bonds is 17. The van der Waals surface area contributed by atoms with Gasteiger partial charge in [-0.3, -0.25) is 4.79 Å². The number of likely N-dealkylation sites (N-methyl/N-ethyl adjacent to an activating group) is 1. The van der Waals surface area contributed by atoms with E-state index >= 15 is 0 Å². The lowest BCUT2D eigenvalue weighted by Gasteiger charge is -2.31. The van der Waals surface area contributed by atoms with Crippen LogP contribution in [0, 0.1) is 0 Å². The Hall–Kier alpha value is -2.18. The Morgan fingerprint density at radius 2 is 1.53 bits per heavy atom. The Balaban J connectivity index is 0.00000648. The van der Waals surface area contributed by atoms with Gasteiger partial charge in [-0.25, -0.2) is 4.79 Å². The molecule has 2 aromatic rings. The molecule has 0 fully saturated rings. The number of carbonyl (C=O) groups excluding carboxylic acids is 2. The van der Waals surface area contributed by atoms with Crippen LogP contribution in [0.4, 0.5) is 0 Å². The second kappa shape index (κ2) is 17.3. The van der Waals surface area contributed by atoms with Crippen LogP contribution in [0.25, 0.3) is 0 Å². The summed E-state index contributed by atoms with van der Waals surface area (Å²) < 4.78 is 12.3. The summed E-state index contributed by atoms with van der Waals surface area (Å²) in [5.74, 6) is 0.267. The van der Waals surface area contributed by atoms with Crippen LogP contribution in [-0.2, 0) is 11.2 Å². The van der Waals surface area contributed by atoms with Crippen molar-refractivity contribution in [3.8, 4) is 5.75 Å². The summed E-state index contributed by atoms with van der Waals surface area (Å²) >= 11 is 0. The highest BCUT2D eigenvalue weighted by atomic mass is 79.9. The molecule has 0 aromatic heterocycles. The van der Waals surface area contributed by atoms with E-state index in [1.54, 1.807) is 18.2 Å². The van der Waals surface area contributed by atoms with Crippen molar-refractivity contribution in [2.75, 3.05) is 39.9 Å². The fraction of sp³-hybridized carbons (Fsp3) is 0.533. The van der Waals surface area contributed by atoms with Crippen molar-refractivity contribution in [1.82, 2.24) is 0 Å². The molecule has 5 nitrogen and oxygen atoms in total. The zero-order valence-electron chi connectivity index (χ0n) is 22.6. The molecule has 0 spiro atoms. The molecular formula is C30H44BrNO4. The highest BCUT2D eigenvalue weighted by Gasteiger charge is 2.18. The Bertz CT molecular complexity index is 927. The number of halogens is 1. The molecule has 0 amide bonds. The molecule has 6 heteroatoms. The standard InChI is InChI=1S/C30H44NO4.BrH/c1-5-8-9-10-11-14-21-34-29-19-13-12-18-27(29)28(32)24-25-16-15-17-26(23-25)30(33)35-22-20-31(4,6-2)7-3;/h12-13,15-19,23H,5-11,14,20-22,24H2,1-4H3;1H/q+1;/p-1. The van der Waals surface area contributed by atoms with Crippen LogP contribution in [0.15, 0.2) is 48.5 Å². The van der Waals surface area contributed by atoms with Gasteiger partial charge in [0.05, 0.1) is 37.9 Å². The number of quaternary nitrogens is 1. The van der Waals surface area contributed by atoms with Gasteiger partial charge in [0.25, 0.3) is 0 Å². The number of carbonyl (C=O) groups is 2. The van der Waals surface area contributed by atoms with Crippen LogP contribution in [0.1, 0.15) is 85.6 Å². The first-order valence-corrected chi connectivity index (χ1v) is 13.3. The number of Topliss-reactive ketones (excluding diaryl/α,β-unsaturated/α-hetero) is 1. The third kappa shape index (κ3) is 10.8. The predicted octanol–water partition coefficient (Wildman–Crippen LogP) is 3.50. The van der Waals surface area contributed by atoms with Gasteiger partial charge in [0.2, 0.25) is 0 Å². The maximum atomic E-state index is 13.1. The van der Waals surface area contributed by atoms with E-state index in [0.717, 1.165) is 42.5 Å². The molecule has 0 unspecified atom stereocenters. The zero-order valence-corrected chi connectivity index (χ0v) is 24.1. The Kier molecular flexibility index (Phi) is 15.3. The van der Waals surface area contributed by atoms with Gasteiger partial charge in [0.1, 0.15) is 18.9 Å². The summed E-state index contributed by atoms with van der Waals surface area (Å²) in [6.07, 6.45) is 7.37. The maximum absolute atomic E-state index is 13.1. The molecule has 36 heavy (non-hydrogen) atoms. The van der Waals surface area contributed by atoms with Crippen LogP contribution < -0.4 is 21.7 Å². The van der Waals surface area contributed by atoms with Gasteiger partial charge in [-0.05, 0) is 50.1 Å². The number of unbranched alkanes of at least 4 members (excludes halogenated alkanes) is 5. The molecule has 2 rings (SSSR count). The molecule has 0 saturated heterocycles. The third-order valence-electron chi connectivity index (χ3n) is 6.86. The third-order valence-corrected chi connectivity index (χ3v) is 6.86. The highest BCUT2D eigenvalue weighted by molar-refractivity contribution is 6.00. The van der Waals surface area contributed by atoms with Crippen molar-refractivity contribution in [1.29, 1.82) is 0 Å². The van der Waals surface area contributed by atoms with Crippen molar-refractivity contribution in [3.63, 3.8) is 0 Å². The number of para-hydroxylation sites is 1. The first-order valence-electron chi connectivity index (χ1n) is 13.3. The van der Waals surface area contributed by atoms with E-state index in [1.807, 2.05) is 30.3 Å². The molecule has 2 aromatic carbocycles. The Labute approximate surface area is 228 Å². The maximum Gasteiger partial charge on any atom is 0.338 e. The molecule has 0 radical (unpaired) electrons. The van der Waals surface area contributed by atoms with E-state index < -0.39 is 0 Å². The summed E-state index contributed by atoms with van der Waals surface area (Å²) in [6.45, 7) is 10.3. The summed E-state index contributed by atoms with van der Waals surface area (Å²) in [5.41, 5.74) is 1.85. The van der Waals surface area contributed by atoms with Gasteiger partial charge in [-0.2, -0.15) is 0 Å². The summed E-state index contributed by atoms with van der Waals surface area (Å²) in [7, 11) is 2.16. The van der Waals surface area contributed by atoms with Crippen molar-refractivity contribution < 1.29 is 40.5 Å². The van der Waals surface area contributed by atoms with Crippen LogP contribution in [-0.4, -0.2) is 56.1 Å². The molecule has 0 saturated carbocycles. The van der Waals surface area contributed by atoms with Crippen LogP contribution in [0.3, 0.4) is 0 Å². The second-order valence-corrected chi connectivity index (χ2v) is 9.52. The molecule has 0 atom stereocenters.